The smallest absolute Gasteiger partial charge is 0.225 e. The van der Waals surface area contributed by atoms with Gasteiger partial charge in [-0.3, -0.25) is 9.59 Å². The Hall–Kier alpha value is -3.48. The fourth-order valence-corrected chi connectivity index (χ4v) is 4.84. The Bertz CT molecular complexity index is 1080. The minimum atomic E-state index is -0.365. The van der Waals surface area contributed by atoms with Gasteiger partial charge >= 0.3 is 0 Å². The maximum atomic E-state index is 13.4. The largest absolute Gasteiger partial charge is 0.494 e. The highest BCUT2D eigenvalue weighted by atomic mass is 16.5. The van der Waals surface area contributed by atoms with Crippen LogP contribution in [0.1, 0.15) is 55.6 Å². The fourth-order valence-electron chi connectivity index (χ4n) is 4.84. The molecule has 2 atom stereocenters. The zero-order valence-electron chi connectivity index (χ0n) is 20.1. The van der Waals surface area contributed by atoms with Crippen molar-refractivity contribution in [2.45, 2.75) is 44.4 Å². The van der Waals surface area contributed by atoms with Crippen LogP contribution in [0.4, 0.5) is 0 Å². The van der Waals surface area contributed by atoms with Crippen LogP contribution in [0.2, 0.25) is 0 Å². The van der Waals surface area contributed by atoms with E-state index in [-0.39, 0.29) is 29.9 Å². The number of hydrogen-bond acceptors (Lipinski definition) is 6. The van der Waals surface area contributed by atoms with Crippen molar-refractivity contribution in [3.05, 3.63) is 58.8 Å². The second kappa shape index (κ2) is 10.2. The van der Waals surface area contributed by atoms with Crippen LogP contribution in [0.15, 0.2) is 47.7 Å². The Morgan fingerprint density at radius 3 is 2.15 bits per heavy atom. The van der Waals surface area contributed by atoms with E-state index in [2.05, 4.69) is 12.2 Å². The van der Waals surface area contributed by atoms with Gasteiger partial charge in [-0.05, 0) is 54.2 Å². The van der Waals surface area contributed by atoms with Gasteiger partial charge in [0, 0.05) is 30.0 Å². The number of nitrogens with one attached hydrogen (secondary N) is 1. The fraction of sp³-hybridized carbons (Fsp3) is 0.407. The molecule has 7 nitrogen and oxygen atoms in total. The van der Waals surface area contributed by atoms with E-state index in [9.17, 15) is 9.59 Å². The van der Waals surface area contributed by atoms with Gasteiger partial charge in [-0.25, -0.2) is 0 Å². The summed E-state index contributed by atoms with van der Waals surface area (Å²) in [4.78, 5) is 26.1. The monoisotopic (exact) mass is 465 g/mol. The van der Waals surface area contributed by atoms with E-state index >= 15 is 0 Å². The molecule has 0 fully saturated rings. The standard InChI is InChI=1S/C27H31NO6/c1-5-10-34-19-8-6-16(7-9-19)17-11-21-26(22(29)12-17)20(15-25(30)28-21)18-13-23(31-2)27(33-4)24(14-18)32-3/h6-9,13-14,17,20H,5,10-12,15H2,1-4H3,(H,28,30). The summed E-state index contributed by atoms with van der Waals surface area (Å²) in [6, 6.07) is 11.5. The zero-order valence-corrected chi connectivity index (χ0v) is 20.1. The van der Waals surface area contributed by atoms with E-state index < -0.39 is 0 Å². The summed E-state index contributed by atoms with van der Waals surface area (Å²) < 4.78 is 22.1. The van der Waals surface area contributed by atoms with Crippen molar-refractivity contribution in [1.82, 2.24) is 5.32 Å². The maximum Gasteiger partial charge on any atom is 0.225 e. The van der Waals surface area contributed by atoms with E-state index in [1.807, 2.05) is 36.4 Å². The lowest BCUT2D eigenvalue weighted by atomic mass is 9.73. The van der Waals surface area contributed by atoms with Crippen LogP contribution in [0.5, 0.6) is 23.0 Å². The lowest BCUT2D eigenvalue weighted by Crippen LogP contribution is -2.38. The molecular formula is C27H31NO6. The van der Waals surface area contributed by atoms with Crippen LogP contribution in [0.3, 0.4) is 0 Å². The number of amides is 1. The van der Waals surface area contributed by atoms with Gasteiger partial charge in [0.05, 0.1) is 27.9 Å². The third-order valence-electron chi connectivity index (χ3n) is 6.45. The summed E-state index contributed by atoms with van der Waals surface area (Å²) in [5, 5.41) is 2.98. The normalized spacial score (nSPS) is 19.9. The van der Waals surface area contributed by atoms with Crippen molar-refractivity contribution in [2.24, 2.45) is 0 Å². The molecule has 0 bridgehead atoms. The van der Waals surface area contributed by atoms with Gasteiger partial charge in [-0.15, -0.1) is 0 Å². The summed E-state index contributed by atoms with van der Waals surface area (Å²) in [7, 11) is 4.64. The average molecular weight is 466 g/mol. The molecule has 0 saturated carbocycles. The van der Waals surface area contributed by atoms with Crippen LogP contribution in [-0.4, -0.2) is 39.6 Å². The SMILES string of the molecule is CCCOc1ccc(C2CC(=O)C3=C(C2)NC(=O)CC3c2cc(OC)c(OC)c(OC)c2)cc1. The summed E-state index contributed by atoms with van der Waals surface area (Å²) in [6.45, 7) is 2.74. The Kier molecular flexibility index (Phi) is 7.10. The molecule has 0 radical (unpaired) electrons. The van der Waals surface area contributed by atoms with Crippen LogP contribution < -0.4 is 24.3 Å². The van der Waals surface area contributed by atoms with E-state index in [0.29, 0.717) is 48.0 Å². The van der Waals surface area contributed by atoms with Gasteiger partial charge in [0.1, 0.15) is 5.75 Å². The number of allylic oxidation sites excluding steroid dienone is 2. The van der Waals surface area contributed by atoms with Gasteiger partial charge in [0.2, 0.25) is 11.7 Å². The molecule has 0 saturated heterocycles. The predicted octanol–water partition coefficient (Wildman–Crippen LogP) is 4.51. The first-order chi connectivity index (χ1) is 16.5. The number of rotatable bonds is 8. The third kappa shape index (κ3) is 4.60. The van der Waals surface area contributed by atoms with Crippen molar-refractivity contribution in [2.75, 3.05) is 27.9 Å². The summed E-state index contributed by atoms with van der Waals surface area (Å²) in [5.74, 6) is 1.88. The van der Waals surface area contributed by atoms with Crippen LogP contribution >= 0.6 is 0 Å². The highest BCUT2D eigenvalue weighted by molar-refractivity contribution is 6.02. The number of hydrogen-bond donors (Lipinski definition) is 1. The van der Waals surface area contributed by atoms with Gasteiger partial charge in [-0.2, -0.15) is 0 Å². The summed E-state index contributed by atoms with van der Waals surface area (Å²) in [6.07, 6.45) is 2.13. The minimum absolute atomic E-state index is 0.00506. The highest BCUT2D eigenvalue weighted by Crippen LogP contribution is 2.46. The molecule has 2 unspecified atom stereocenters. The summed E-state index contributed by atoms with van der Waals surface area (Å²) in [5.41, 5.74) is 3.24. The first-order valence-corrected chi connectivity index (χ1v) is 11.6. The number of methoxy groups -OCH3 is 3. The highest BCUT2D eigenvalue weighted by Gasteiger charge is 2.38. The molecule has 1 N–H and O–H groups in total. The van der Waals surface area contributed by atoms with Crippen molar-refractivity contribution in [3.8, 4) is 23.0 Å². The Balaban J connectivity index is 1.66. The van der Waals surface area contributed by atoms with E-state index in [1.165, 1.54) is 0 Å². The molecule has 1 heterocycles. The Morgan fingerprint density at radius 2 is 1.56 bits per heavy atom. The van der Waals surface area contributed by atoms with E-state index in [4.69, 9.17) is 18.9 Å². The van der Waals surface area contributed by atoms with Crippen molar-refractivity contribution < 1.29 is 28.5 Å². The lowest BCUT2D eigenvalue weighted by Gasteiger charge is -2.34. The second-order valence-electron chi connectivity index (χ2n) is 8.60. The quantitative estimate of drug-likeness (QED) is 0.618. The second-order valence-corrected chi connectivity index (χ2v) is 8.60. The van der Waals surface area contributed by atoms with Gasteiger partial charge in [-0.1, -0.05) is 19.1 Å². The van der Waals surface area contributed by atoms with Crippen molar-refractivity contribution >= 4 is 11.7 Å². The summed E-state index contributed by atoms with van der Waals surface area (Å²) >= 11 is 0. The number of Topliss-reactive ketones (excluding diaryl/α,β-unsaturated/α-hetero) is 1. The van der Waals surface area contributed by atoms with Crippen LogP contribution in [0, 0.1) is 0 Å². The molecule has 2 aliphatic rings. The van der Waals surface area contributed by atoms with Crippen molar-refractivity contribution in [1.29, 1.82) is 0 Å². The number of ether oxygens (including phenoxy) is 4. The molecule has 4 rings (SSSR count). The zero-order chi connectivity index (χ0) is 24.2. The maximum absolute atomic E-state index is 13.4. The van der Waals surface area contributed by atoms with Gasteiger partial charge in [0.25, 0.3) is 0 Å². The topological polar surface area (TPSA) is 83.1 Å². The van der Waals surface area contributed by atoms with Crippen molar-refractivity contribution in [3.63, 3.8) is 0 Å². The molecule has 1 aliphatic carbocycles. The minimum Gasteiger partial charge on any atom is -0.494 e. The average Bonchev–Trinajstić information content (AvgIpc) is 2.85. The van der Waals surface area contributed by atoms with Crippen LogP contribution in [-0.2, 0) is 9.59 Å². The van der Waals surface area contributed by atoms with Gasteiger partial charge < -0.3 is 24.3 Å². The third-order valence-corrected chi connectivity index (χ3v) is 6.45. The number of benzene rings is 2. The molecular weight excluding hydrogens is 434 g/mol. The first kappa shape index (κ1) is 23.7. The number of carbonyl (C=O) groups is 2. The number of ketones is 1. The molecule has 1 amide bonds. The molecule has 2 aromatic rings. The molecule has 1 aliphatic heterocycles. The number of carbonyl (C=O) groups excluding carboxylic acids is 2. The first-order valence-electron chi connectivity index (χ1n) is 11.6. The molecule has 0 aromatic heterocycles. The lowest BCUT2D eigenvalue weighted by molar-refractivity contribution is -0.122. The molecule has 180 valence electrons. The molecule has 7 heteroatoms. The predicted molar refractivity (Wildman–Crippen MR) is 128 cm³/mol. The molecule has 2 aromatic carbocycles. The van der Waals surface area contributed by atoms with E-state index in [0.717, 1.165) is 23.3 Å². The van der Waals surface area contributed by atoms with E-state index in [1.54, 1.807) is 21.3 Å². The molecule has 0 spiro atoms. The van der Waals surface area contributed by atoms with Crippen LogP contribution in [0.25, 0.3) is 0 Å². The Labute approximate surface area is 200 Å². The van der Waals surface area contributed by atoms with Gasteiger partial charge in [0.15, 0.2) is 17.3 Å². The Morgan fingerprint density at radius 1 is 0.882 bits per heavy atom. The molecule has 34 heavy (non-hydrogen) atoms.